The molecule has 1 aromatic carbocycles. The monoisotopic (exact) mass is 581 g/mol. The molecule has 1 saturated carbocycles. The minimum Gasteiger partial charge on any atom is -0.353 e. The molecule has 2 heterocycles. The third-order valence-electron chi connectivity index (χ3n) is 6.56. The predicted molar refractivity (Wildman–Crippen MR) is 131 cm³/mol. The highest BCUT2D eigenvalue weighted by atomic mass is 19.4. The number of halogens is 5. The van der Waals surface area contributed by atoms with Gasteiger partial charge >= 0.3 is 6.18 Å². The van der Waals surface area contributed by atoms with Crippen LogP contribution in [0.3, 0.4) is 0 Å². The third-order valence-corrected chi connectivity index (χ3v) is 6.56. The number of amides is 4. The average molecular weight is 581 g/mol. The lowest BCUT2D eigenvalue weighted by atomic mass is 9.93. The summed E-state index contributed by atoms with van der Waals surface area (Å²) in [5, 5.41) is 9.48. The van der Waals surface area contributed by atoms with E-state index in [1.54, 1.807) is 6.92 Å². The van der Waals surface area contributed by atoms with Gasteiger partial charge in [-0.3, -0.25) is 29.0 Å². The van der Waals surface area contributed by atoms with E-state index in [9.17, 15) is 45.9 Å². The standard InChI is InChI=1S/C26H24F5N5O5/c1-11-4-12(22(38)33-11)6-20(21(37)25(41)34-15-2-3-15)36-24(40)16-7-17(27)18(28)8-19(16)35-23(39)13-5-14(10-32-9-13)26(29,30)31/h5,7-12,15,20H,2-4,6H2,1H3,(H,33,38)(H,34,41)(H,35,39)(H,36,40)/t11-,12+,20?/m1/s1. The van der Waals surface area contributed by atoms with Gasteiger partial charge in [0.25, 0.3) is 17.7 Å². The van der Waals surface area contributed by atoms with Gasteiger partial charge in [-0.15, -0.1) is 0 Å². The Bertz CT molecular complexity index is 1410. The second-order valence-corrected chi connectivity index (χ2v) is 9.94. The lowest BCUT2D eigenvalue weighted by molar-refractivity contribution is -0.139. The number of carbonyl (C=O) groups excluding carboxylic acids is 5. The SMILES string of the molecule is C[C@@H]1C[C@@H](CC(NC(=O)c2cc(F)c(F)cc2NC(=O)c2cncc(C(F)(F)F)c2)C(=O)C(=O)NC2CC2)C(=O)N1. The number of hydrogen-bond donors (Lipinski definition) is 4. The lowest BCUT2D eigenvalue weighted by Gasteiger charge is -2.21. The molecule has 2 aliphatic rings. The van der Waals surface area contributed by atoms with Crippen LogP contribution in [-0.2, 0) is 20.6 Å². The largest absolute Gasteiger partial charge is 0.417 e. The van der Waals surface area contributed by atoms with Gasteiger partial charge in [0.1, 0.15) is 0 Å². The highest BCUT2D eigenvalue weighted by Crippen LogP contribution is 2.29. The molecule has 1 aliphatic heterocycles. The maximum absolute atomic E-state index is 14.2. The molecule has 4 rings (SSSR count). The molecule has 0 spiro atoms. The van der Waals surface area contributed by atoms with Crippen LogP contribution in [0.2, 0.25) is 0 Å². The summed E-state index contributed by atoms with van der Waals surface area (Å²) in [7, 11) is 0. The van der Waals surface area contributed by atoms with Crippen LogP contribution in [0.25, 0.3) is 0 Å². The van der Waals surface area contributed by atoms with E-state index in [0.717, 1.165) is 6.20 Å². The van der Waals surface area contributed by atoms with Crippen LogP contribution >= 0.6 is 0 Å². The Balaban J connectivity index is 1.60. The maximum Gasteiger partial charge on any atom is 0.417 e. The number of pyridine rings is 1. The highest BCUT2D eigenvalue weighted by molar-refractivity contribution is 6.38. The molecule has 4 N–H and O–H groups in total. The van der Waals surface area contributed by atoms with Crippen molar-refractivity contribution in [2.24, 2.45) is 5.92 Å². The number of rotatable bonds is 9. The quantitative estimate of drug-likeness (QED) is 0.265. The van der Waals surface area contributed by atoms with Gasteiger partial charge in [0.05, 0.1) is 28.4 Å². The van der Waals surface area contributed by atoms with Crippen molar-refractivity contribution in [3.8, 4) is 0 Å². The van der Waals surface area contributed by atoms with E-state index in [-0.39, 0.29) is 18.5 Å². The Morgan fingerprint density at radius 2 is 1.73 bits per heavy atom. The summed E-state index contributed by atoms with van der Waals surface area (Å²) < 4.78 is 67.4. The summed E-state index contributed by atoms with van der Waals surface area (Å²) in [5.41, 5.74) is -3.17. The molecule has 218 valence electrons. The van der Waals surface area contributed by atoms with E-state index in [1.165, 1.54) is 0 Å². The van der Waals surface area contributed by atoms with E-state index >= 15 is 0 Å². The molecule has 1 aliphatic carbocycles. The van der Waals surface area contributed by atoms with E-state index < -0.39 is 81.6 Å². The van der Waals surface area contributed by atoms with Crippen LogP contribution in [0.1, 0.15) is 58.9 Å². The number of nitrogens with one attached hydrogen (secondary N) is 4. The van der Waals surface area contributed by atoms with Crippen molar-refractivity contribution in [1.29, 1.82) is 0 Å². The Morgan fingerprint density at radius 1 is 1.05 bits per heavy atom. The number of ketones is 1. The number of aromatic nitrogens is 1. The van der Waals surface area contributed by atoms with Crippen molar-refractivity contribution in [2.75, 3.05) is 5.32 Å². The smallest absolute Gasteiger partial charge is 0.353 e. The second-order valence-electron chi connectivity index (χ2n) is 9.94. The summed E-state index contributed by atoms with van der Waals surface area (Å²) in [6, 6.07) is -0.643. The molecule has 0 bridgehead atoms. The Hall–Kier alpha value is -4.43. The zero-order valence-corrected chi connectivity index (χ0v) is 21.4. The Labute approximate surface area is 229 Å². The Morgan fingerprint density at radius 3 is 2.34 bits per heavy atom. The molecule has 41 heavy (non-hydrogen) atoms. The zero-order chi connectivity index (χ0) is 30.1. The van der Waals surface area contributed by atoms with Crippen molar-refractivity contribution in [3.63, 3.8) is 0 Å². The van der Waals surface area contributed by atoms with Gasteiger partial charge in [-0.25, -0.2) is 8.78 Å². The topological polar surface area (TPSA) is 146 Å². The fraction of sp³-hybridized carbons (Fsp3) is 0.385. The molecular formula is C26H24F5N5O5. The number of nitrogens with zero attached hydrogens (tertiary/aromatic N) is 1. The van der Waals surface area contributed by atoms with Crippen molar-refractivity contribution < 1.29 is 45.9 Å². The third kappa shape index (κ3) is 7.21. The molecule has 1 unspecified atom stereocenters. The number of alkyl halides is 3. The molecule has 4 amide bonds. The summed E-state index contributed by atoms with van der Waals surface area (Å²) >= 11 is 0. The molecule has 2 fully saturated rings. The molecule has 15 heteroatoms. The first-order valence-corrected chi connectivity index (χ1v) is 12.5. The summed E-state index contributed by atoms with van der Waals surface area (Å²) in [6.45, 7) is 1.73. The van der Waals surface area contributed by atoms with E-state index in [1.807, 2.05) is 0 Å². The van der Waals surface area contributed by atoms with Gasteiger partial charge in [0.15, 0.2) is 11.6 Å². The molecule has 2 aromatic rings. The number of hydrogen-bond acceptors (Lipinski definition) is 6. The normalized spacial score (nSPS) is 19.2. The number of benzene rings is 1. The maximum atomic E-state index is 14.2. The number of carbonyl (C=O) groups is 5. The molecule has 0 radical (unpaired) electrons. The molecule has 1 aromatic heterocycles. The van der Waals surface area contributed by atoms with Crippen LogP contribution in [0.4, 0.5) is 27.6 Å². The van der Waals surface area contributed by atoms with Crippen molar-refractivity contribution >= 4 is 35.1 Å². The number of Topliss-reactive ketones (excluding diaryl/α,β-unsaturated/α-hetero) is 1. The van der Waals surface area contributed by atoms with Crippen LogP contribution in [0, 0.1) is 17.6 Å². The molecule has 10 nitrogen and oxygen atoms in total. The molecule has 3 atom stereocenters. The van der Waals surface area contributed by atoms with Gasteiger partial charge < -0.3 is 21.3 Å². The fourth-order valence-corrected chi connectivity index (χ4v) is 4.30. The van der Waals surface area contributed by atoms with Gasteiger partial charge in [0.2, 0.25) is 11.7 Å². The predicted octanol–water partition coefficient (Wildman–Crippen LogP) is 2.49. The highest BCUT2D eigenvalue weighted by Gasteiger charge is 2.38. The van der Waals surface area contributed by atoms with Crippen LogP contribution < -0.4 is 21.3 Å². The average Bonchev–Trinajstić information content (AvgIpc) is 3.66. The Kier molecular flexibility index (Phi) is 8.35. The zero-order valence-electron chi connectivity index (χ0n) is 21.4. The van der Waals surface area contributed by atoms with Gasteiger partial charge in [0, 0.05) is 36.5 Å². The van der Waals surface area contributed by atoms with E-state index in [4.69, 9.17) is 0 Å². The van der Waals surface area contributed by atoms with E-state index in [0.29, 0.717) is 43.7 Å². The van der Waals surface area contributed by atoms with E-state index in [2.05, 4.69) is 26.3 Å². The summed E-state index contributed by atoms with van der Waals surface area (Å²) in [5.74, 6) is -8.66. The minimum absolute atomic E-state index is 0.198. The lowest BCUT2D eigenvalue weighted by Crippen LogP contribution is -2.49. The summed E-state index contributed by atoms with van der Waals surface area (Å²) in [4.78, 5) is 67.0. The van der Waals surface area contributed by atoms with Crippen molar-refractivity contribution in [1.82, 2.24) is 20.9 Å². The van der Waals surface area contributed by atoms with Crippen molar-refractivity contribution in [2.45, 2.75) is 56.9 Å². The van der Waals surface area contributed by atoms with Crippen LogP contribution in [-0.4, -0.2) is 52.5 Å². The van der Waals surface area contributed by atoms with Crippen LogP contribution in [0.5, 0.6) is 0 Å². The summed E-state index contributed by atoms with van der Waals surface area (Å²) in [6.07, 6.45) is -2.19. The second kappa shape index (κ2) is 11.6. The number of anilines is 1. The molecule has 1 saturated heterocycles. The van der Waals surface area contributed by atoms with Gasteiger partial charge in [-0.1, -0.05) is 0 Å². The first kappa shape index (κ1) is 29.6. The minimum atomic E-state index is -4.82. The van der Waals surface area contributed by atoms with Crippen molar-refractivity contribution in [3.05, 3.63) is 58.9 Å². The van der Waals surface area contributed by atoms with Gasteiger partial charge in [-0.2, -0.15) is 13.2 Å². The van der Waals surface area contributed by atoms with Crippen LogP contribution in [0.15, 0.2) is 30.6 Å². The van der Waals surface area contributed by atoms with Gasteiger partial charge in [-0.05, 0) is 44.7 Å². The first-order valence-electron chi connectivity index (χ1n) is 12.5. The fourth-order valence-electron chi connectivity index (χ4n) is 4.30. The molecular weight excluding hydrogens is 557 g/mol. The first-order chi connectivity index (χ1) is 19.2.